The van der Waals surface area contributed by atoms with E-state index in [4.69, 9.17) is 25.7 Å². The highest BCUT2D eigenvalue weighted by atomic mass is 16.6. The number of Topliss-reactive ketones (excluding diaryl/α,β-unsaturated/α-hetero) is 1. The predicted octanol–water partition coefficient (Wildman–Crippen LogP) is 2.87. The van der Waals surface area contributed by atoms with Crippen LogP contribution in [0.1, 0.15) is 66.2 Å². The lowest BCUT2D eigenvalue weighted by Crippen LogP contribution is -2.38. The summed E-state index contributed by atoms with van der Waals surface area (Å²) in [7, 11) is 2.94. The molecule has 6 atom stereocenters. The first-order valence-corrected chi connectivity index (χ1v) is 15.9. The van der Waals surface area contributed by atoms with Crippen molar-refractivity contribution in [3.8, 4) is 0 Å². The first kappa shape index (κ1) is 38.6. The molecule has 0 saturated carbocycles. The van der Waals surface area contributed by atoms with E-state index in [-0.39, 0.29) is 34.9 Å². The van der Waals surface area contributed by atoms with Crippen LogP contribution in [-0.4, -0.2) is 80.4 Å². The van der Waals surface area contributed by atoms with Crippen LogP contribution >= 0.6 is 0 Å². The summed E-state index contributed by atoms with van der Waals surface area (Å²) >= 11 is 0. The van der Waals surface area contributed by atoms with Gasteiger partial charge in [0.25, 0.3) is 5.91 Å². The number of amides is 2. The van der Waals surface area contributed by atoms with Crippen molar-refractivity contribution < 1.29 is 38.5 Å². The smallest absolute Gasteiger partial charge is 0.405 e. The number of allylic oxidation sites excluding steroid dienone is 4. The van der Waals surface area contributed by atoms with E-state index < -0.39 is 53.9 Å². The molecule has 12 nitrogen and oxygen atoms in total. The number of ether oxygens (including phenoxy) is 3. The molecular weight excluding hydrogens is 592 g/mol. The zero-order valence-electron chi connectivity index (χ0n) is 28.0. The second kappa shape index (κ2) is 19.2. The first-order chi connectivity index (χ1) is 21.8. The molecule has 0 aromatic heterocycles. The van der Waals surface area contributed by atoms with Gasteiger partial charge in [-0.25, -0.2) is 4.79 Å². The number of rotatable bonds is 10. The van der Waals surface area contributed by atoms with Gasteiger partial charge in [-0.3, -0.25) is 14.4 Å². The summed E-state index contributed by atoms with van der Waals surface area (Å²) in [5, 5.41) is 17.1. The number of nitrogens with one attached hydrogen (secondary N) is 2. The van der Waals surface area contributed by atoms with Crippen molar-refractivity contribution >= 4 is 23.6 Å². The average molecular weight is 645 g/mol. The third-order valence-electron chi connectivity index (χ3n) is 8.23. The van der Waals surface area contributed by atoms with Crippen LogP contribution in [0.4, 0.5) is 4.79 Å². The molecular formula is C34H52N4O8. The Morgan fingerprint density at radius 3 is 2.41 bits per heavy atom. The molecule has 1 aliphatic heterocycles. The van der Waals surface area contributed by atoms with Crippen LogP contribution in [0.5, 0.6) is 0 Å². The summed E-state index contributed by atoms with van der Waals surface area (Å²) in [6, 6.07) is 0. The van der Waals surface area contributed by atoms with E-state index in [0.717, 1.165) is 31.8 Å². The number of aliphatic hydroxyl groups excluding tert-OH is 1. The zero-order chi connectivity index (χ0) is 34.4. The van der Waals surface area contributed by atoms with Crippen molar-refractivity contribution in [3.63, 3.8) is 0 Å². The molecule has 2 bridgehead atoms. The Labute approximate surface area is 272 Å². The largest absolute Gasteiger partial charge is 0.439 e. The number of nitrogens with two attached hydrogens (primary N) is 2. The fourth-order valence-electron chi connectivity index (χ4n) is 5.61. The number of hydrogen-bond acceptors (Lipinski definition) is 10. The van der Waals surface area contributed by atoms with E-state index in [1.807, 2.05) is 13.8 Å². The molecule has 1 aliphatic carbocycles. The summed E-state index contributed by atoms with van der Waals surface area (Å²) in [6.07, 6.45) is 7.54. The van der Waals surface area contributed by atoms with Gasteiger partial charge >= 0.3 is 6.09 Å². The molecule has 2 aliphatic rings. The number of fused-ring (bicyclic) bond motifs is 2. The summed E-state index contributed by atoms with van der Waals surface area (Å²) in [6.45, 7) is 8.17. The van der Waals surface area contributed by atoms with E-state index in [1.165, 1.54) is 20.3 Å². The van der Waals surface area contributed by atoms with Crippen molar-refractivity contribution in [2.75, 3.05) is 27.3 Å². The lowest BCUT2D eigenvalue weighted by molar-refractivity contribution is -0.120. The number of ketones is 2. The monoisotopic (exact) mass is 644 g/mol. The maximum atomic E-state index is 13.8. The van der Waals surface area contributed by atoms with Crippen molar-refractivity contribution in [1.82, 2.24) is 10.6 Å². The Kier molecular flexibility index (Phi) is 16.1. The van der Waals surface area contributed by atoms with Crippen LogP contribution in [0.25, 0.3) is 0 Å². The van der Waals surface area contributed by atoms with Gasteiger partial charge in [-0.15, -0.1) is 0 Å². The Bertz CT molecular complexity index is 1250. The minimum Gasteiger partial charge on any atom is -0.439 e. The normalized spacial score (nSPS) is 28.2. The topological polar surface area (TPSA) is 192 Å². The highest BCUT2D eigenvalue weighted by Crippen LogP contribution is 2.29. The Morgan fingerprint density at radius 2 is 1.78 bits per heavy atom. The molecule has 0 unspecified atom stereocenters. The maximum absolute atomic E-state index is 13.8. The number of carbonyl (C=O) groups is 4. The summed E-state index contributed by atoms with van der Waals surface area (Å²) in [5.74, 6) is -2.04. The van der Waals surface area contributed by atoms with Crippen molar-refractivity contribution in [3.05, 3.63) is 58.5 Å². The second-order valence-corrected chi connectivity index (χ2v) is 12.1. The first-order valence-electron chi connectivity index (χ1n) is 15.9. The molecule has 0 aromatic rings. The summed E-state index contributed by atoms with van der Waals surface area (Å²) in [4.78, 5) is 52.0. The molecule has 46 heavy (non-hydrogen) atoms. The van der Waals surface area contributed by atoms with Gasteiger partial charge in [-0.05, 0) is 57.6 Å². The highest BCUT2D eigenvalue weighted by molar-refractivity contribution is 6.23. The van der Waals surface area contributed by atoms with Gasteiger partial charge in [0.05, 0.1) is 23.6 Å². The van der Waals surface area contributed by atoms with Gasteiger partial charge in [0.1, 0.15) is 6.10 Å². The molecule has 0 spiro atoms. The van der Waals surface area contributed by atoms with Crippen molar-refractivity contribution in [2.24, 2.45) is 23.3 Å². The number of methoxy groups -OCH3 is 2. The molecule has 256 valence electrons. The third-order valence-corrected chi connectivity index (χ3v) is 8.23. The summed E-state index contributed by atoms with van der Waals surface area (Å²) in [5.41, 5.74) is 12.2. The number of primary amides is 1. The molecule has 2 rings (SSSR count). The van der Waals surface area contributed by atoms with Crippen molar-refractivity contribution in [1.29, 1.82) is 0 Å². The minimum atomic E-state index is -0.997. The van der Waals surface area contributed by atoms with Crippen LogP contribution in [0.15, 0.2) is 58.5 Å². The van der Waals surface area contributed by atoms with Crippen LogP contribution in [0.3, 0.4) is 0 Å². The minimum absolute atomic E-state index is 0.109. The molecule has 0 radical (unpaired) electrons. The van der Waals surface area contributed by atoms with Crippen LogP contribution < -0.4 is 22.1 Å². The van der Waals surface area contributed by atoms with E-state index in [9.17, 15) is 24.3 Å². The fourth-order valence-corrected chi connectivity index (χ4v) is 5.61. The molecule has 2 amide bonds. The molecule has 0 saturated heterocycles. The lowest BCUT2D eigenvalue weighted by atomic mass is 9.85. The number of hydrogen-bond donors (Lipinski definition) is 5. The van der Waals surface area contributed by atoms with Gasteiger partial charge < -0.3 is 41.4 Å². The molecule has 1 heterocycles. The van der Waals surface area contributed by atoms with Gasteiger partial charge in [0.15, 0.2) is 6.10 Å². The SMILES string of the molecule is CO[C@H]1C=CC=C(C)C(=O)NC2=CC(=O)C(NCCCCCCN)=C(C[C@@H](C)C[C@H](OC)[C@H](O)[C@@H](C)/C=C(\C)[C@@H]1OC(N)=O)C2=O. The quantitative estimate of drug-likeness (QED) is 0.134. The van der Waals surface area contributed by atoms with Gasteiger partial charge in [-0.2, -0.15) is 0 Å². The third kappa shape index (κ3) is 11.3. The average Bonchev–Trinajstić information content (AvgIpc) is 3.01. The van der Waals surface area contributed by atoms with Crippen LogP contribution in [-0.2, 0) is 28.6 Å². The van der Waals surface area contributed by atoms with E-state index in [0.29, 0.717) is 25.1 Å². The highest BCUT2D eigenvalue weighted by Gasteiger charge is 2.33. The predicted molar refractivity (Wildman–Crippen MR) is 175 cm³/mol. The maximum Gasteiger partial charge on any atom is 0.405 e. The molecule has 12 heteroatoms. The Hall–Kier alpha value is -3.58. The van der Waals surface area contributed by atoms with Gasteiger partial charge in [-0.1, -0.05) is 51.0 Å². The van der Waals surface area contributed by atoms with Gasteiger partial charge in [0, 0.05) is 43.9 Å². The fraction of sp³-hybridized carbons (Fsp3) is 0.588. The van der Waals surface area contributed by atoms with E-state index in [2.05, 4.69) is 10.6 Å². The number of carbonyl (C=O) groups excluding carboxylic acids is 4. The second-order valence-electron chi connectivity index (χ2n) is 12.1. The molecule has 0 fully saturated rings. The van der Waals surface area contributed by atoms with E-state index >= 15 is 0 Å². The summed E-state index contributed by atoms with van der Waals surface area (Å²) < 4.78 is 16.7. The lowest BCUT2D eigenvalue weighted by Gasteiger charge is -2.30. The Morgan fingerprint density at radius 1 is 1.09 bits per heavy atom. The van der Waals surface area contributed by atoms with Gasteiger partial charge in [0.2, 0.25) is 11.6 Å². The van der Waals surface area contributed by atoms with E-state index in [1.54, 1.807) is 32.1 Å². The Balaban J connectivity index is 2.54. The zero-order valence-corrected chi connectivity index (χ0v) is 28.0. The van der Waals surface area contributed by atoms with Crippen LogP contribution in [0, 0.1) is 11.8 Å². The molecule has 0 aromatic carbocycles. The number of unbranched alkanes of at least 4 members (excludes halogenated alkanes) is 3. The standard InChI is InChI=1S/C34H52N4O8/c1-20-16-24-29(37-15-10-8-7-9-14-35)26(39)19-25(31(24)41)38-33(42)21(2)12-11-13-27(44-5)32(46-34(36)43)23(4)18-22(3)30(40)28(17-20)45-6/h11-13,18-20,22,27-28,30,32,37,40H,7-10,14-17,35H2,1-6H3,(H2,36,43)(H,38,42)/b13-11?,21-12?,23-18+/t20-,22+,27+,28+,30-,32+/m1/s1. The van der Waals surface area contributed by atoms with Crippen molar-refractivity contribution in [2.45, 2.75) is 90.6 Å². The molecule has 7 N–H and O–H groups in total. The van der Waals surface area contributed by atoms with Crippen LogP contribution in [0.2, 0.25) is 0 Å². The number of aliphatic hydroxyl groups is 1.